The SMILES string of the molecule is Cc1cc(P(=Nc2ccc(C(C)C)cc2)(c2ccccc2)c2ccccc2)c2[nH]c3c(P(=Nc4ccc(C(C)C)cc4)(c4ccccc4)c4ccccc4)cc(C)cc3c2c1. The quantitative estimate of drug-likeness (QED) is 0.133. The van der Waals surface area contributed by atoms with Crippen molar-refractivity contribution in [3.63, 3.8) is 0 Å². The molecule has 61 heavy (non-hydrogen) atoms. The molecule has 9 aromatic rings. The van der Waals surface area contributed by atoms with Gasteiger partial charge in [0.2, 0.25) is 0 Å². The Morgan fingerprint density at radius 2 is 0.672 bits per heavy atom. The van der Waals surface area contributed by atoms with Crippen LogP contribution in [0.4, 0.5) is 11.4 Å². The molecule has 302 valence electrons. The van der Waals surface area contributed by atoms with Crippen molar-refractivity contribution in [3.05, 3.63) is 216 Å². The van der Waals surface area contributed by atoms with Crippen LogP contribution in [0.25, 0.3) is 21.8 Å². The molecule has 0 bridgehead atoms. The summed E-state index contributed by atoms with van der Waals surface area (Å²) in [5.41, 5.74) is 9.23. The molecule has 0 atom stereocenters. The Balaban J connectivity index is 1.45. The minimum absolute atomic E-state index is 0.435. The molecule has 0 aliphatic heterocycles. The van der Waals surface area contributed by atoms with Gasteiger partial charge in [-0.3, -0.25) is 9.49 Å². The molecule has 1 N–H and O–H groups in total. The van der Waals surface area contributed by atoms with E-state index in [4.69, 9.17) is 9.49 Å². The van der Waals surface area contributed by atoms with Gasteiger partial charge in [0, 0.05) is 42.6 Å². The zero-order valence-electron chi connectivity index (χ0n) is 35.9. The van der Waals surface area contributed by atoms with Gasteiger partial charge in [-0.15, -0.1) is 0 Å². The number of rotatable bonds is 10. The van der Waals surface area contributed by atoms with Gasteiger partial charge in [-0.2, -0.15) is 0 Å². The second kappa shape index (κ2) is 16.8. The van der Waals surface area contributed by atoms with Crippen molar-refractivity contribution in [3.8, 4) is 0 Å². The number of benzene rings is 8. The molecule has 0 amide bonds. The molecule has 5 heteroatoms. The Labute approximate surface area is 361 Å². The number of hydrogen-bond donors (Lipinski definition) is 1. The van der Waals surface area contributed by atoms with Gasteiger partial charge in [0.1, 0.15) is 0 Å². The highest BCUT2D eigenvalue weighted by Gasteiger charge is 2.34. The second-order valence-electron chi connectivity index (χ2n) is 16.8. The Morgan fingerprint density at radius 1 is 0.377 bits per heavy atom. The summed E-state index contributed by atoms with van der Waals surface area (Å²) in [5, 5.41) is 9.71. The molecule has 0 saturated heterocycles. The second-order valence-corrected chi connectivity index (χ2v) is 22.8. The van der Waals surface area contributed by atoms with Crippen LogP contribution < -0.4 is 31.8 Å². The van der Waals surface area contributed by atoms with Gasteiger partial charge in [-0.05, 0) is 96.5 Å². The van der Waals surface area contributed by atoms with Gasteiger partial charge >= 0.3 is 0 Å². The number of H-pyrrole nitrogens is 1. The van der Waals surface area contributed by atoms with Gasteiger partial charge in [-0.1, -0.05) is 173 Å². The number of aromatic nitrogens is 1. The fraction of sp³-hybridized carbons (Fsp3) is 0.143. The first-order chi connectivity index (χ1) is 29.7. The maximum atomic E-state index is 6.00. The van der Waals surface area contributed by atoms with Crippen molar-refractivity contribution in [2.24, 2.45) is 9.49 Å². The van der Waals surface area contributed by atoms with Crippen LogP contribution in [0.15, 0.2) is 204 Å². The first-order valence-electron chi connectivity index (χ1n) is 21.4. The molecule has 0 fully saturated rings. The lowest BCUT2D eigenvalue weighted by molar-refractivity contribution is 0.867. The number of fused-ring (bicyclic) bond motifs is 3. The van der Waals surface area contributed by atoms with E-state index in [-0.39, 0.29) is 0 Å². The van der Waals surface area contributed by atoms with Crippen LogP contribution in [0.2, 0.25) is 0 Å². The third-order valence-electron chi connectivity index (χ3n) is 11.9. The molecule has 0 aliphatic carbocycles. The molecule has 3 nitrogen and oxygen atoms in total. The van der Waals surface area contributed by atoms with Crippen LogP contribution in [0.1, 0.15) is 61.8 Å². The smallest absolute Gasteiger partial charge is 0.0632 e. The van der Waals surface area contributed by atoms with Crippen molar-refractivity contribution in [1.82, 2.24) is 4.98 Å². The van der Waals surface area contributed by atoms with E-state index >= 15 is 0 Å². The predicted octanol–water partition coefficient (Wildman–Crippen LogP) is 13.8. The van der Waals surface area contributed by atoms with Gasteiger partial charge in [0.05, 0.1) is 36.5 Å². The number of nitrogens with zero attached hydrogens (tertiary/aromatic N) is 2. The Morgan fingerprint density at radius 3 is 0.951 bits per heavy atom. The predicted molar refractivity (Wildman–Crippen MR) is 268 cm³/mol. The third-order valence-corrected chi connectivity index (χ3v) is 19.3. The van der Waals surface area contributed by atoms with Crippen molar-refractivity contribution in [1.29, 1.82) is 0 Å². The van der Waals surface area contributed by atoms with Crippen molar-refractivity contribution >= 4 is 79.1 Å². The summed E-state index contributed by atoms with van der Waals surface area (Å²) in [6.07, 6.45) is 0. The average Bonchev–Trinajstić information content (AvgIpc) is 3.66. The summed E-state index contributed by atoms with van der Waals surface area (Å²) in [6.45, 7) is 13.5. The van der Waals surface area contributed by atoms with Gasteiger partial charge in [0.15, 0.2) is 0 Å². The number of nitrogens with one attached hydrogen (secondary N) is 1. The summed E-state index contributed by atoms with van der Waals surface area (Å²) < 4.78 is 12.0. The van der Waals surface area contributed by atoms with E-state index in [1.807, 2.05) is 0 Å². The van der Waals surface area contributed by atoms with Gasteiger partial charge in [0.25, 0.3) is 0 Å². The molecular weight excluding hydrogens is 777 g/mol. The molecular formula is C56H53N3P2. The molecule has 0 aliphatic rings. The van der Waals surface area contributed by atoms with Crippen molar-refractivity contribution < 1.29 is 0 Å². The van der Waals surface area contributed by atoms with Crippen LogP contribution in [0.5, 0.6) is 0 Å². The molecule has 0 radical (unpaired) electrons. The monoisotopic (exact) mass is 829 g/mol. The fourth-order valence-electron chi connectivity index (χ4n) is 8.82. The van der Waals surface area contributed by atoms with Crippen LogP contribution >= 0.6 is 14.1 Å². The molecule has 9 rings (SSSR count). The molecule has 1 heterocycles. The van der Waals surface area contributed by atoms with Crippen LogP contribution in [-0.4, -0.2) is 4.98 Å². The molecule has 0 spiro atoms. The van der Waals surface area contributed by atoms with E-state index in [1.165, 1.54) is 64.9 Å². The zero-order chi connectivity index (χ0) is 42.1. The Kier molecular flexibility index (Phi) is 11.1. The van der Waals surface area contributed by atoms with E-state index in [0.717, 1.165) is 22.4 Å². The Bertz CT molecular complexity index is 2780. The minimum atomic E-state index is -2.71. The highest BCUT2D eigenvalue weighted by Crippen LogP contribution is 2.54. The van der Waals surface area contributed by atoms with Crippen LogP contribution in [0, 0.1) is 13.8 Å². The lowest BCUT2D eigenvalue weighted by Gasteiger charge is -2.28. The topological polar surface area (TPSA) is 40.5 Å². The summed E-state index contributed by atoms with van der Waals surface area (Å²) in [5.74, 6) is 0.871. The van der Waals surface area contributed by atoms with E-state index < -0.39 is 14.1 Å². The van der Waals surface area contributed by atoms with E-state index in [9.17, 15) is 0 Å². The average molecular weight is 830 g/mol. The van der Waals surface area contributed by atoms with Crippen molar-refractivity contribution in [2.45, 2.75) is 53.4 Å². The summed E-state index contributed by atoms with van der Waals surface area (Å²) in [7, 11) is -5.43. The lowest BCUT2D eigenvalue weighted by atomic mass is 10.0. The summed E-state index contributed by atoms with van der Waals surface area (Å²) in [4.78, 5) is 4.21. The summed E-state index contributed by atoms with van der Waals surface area (Å²) >= 11 is 0. The van der Waals surface area contributed by atoms with E-state index in [2.05, 4.69) is 241 Å². The molecule has 0 saturated carbocycles. The van der Waals surface area contributed by atoms with Gasteiger partial charge in [-0.25, -0.2) is 0 Å². The number of hydrogen-bond acceptors (Lipinski definition) is 2. The highest BCUT2D eigenvalue weighted by atomic mass is 31.2. The normalized spacial score (nSPS) is 12.1. The Hall–Kier alpha value is -5.98. The summed E-state index contributed by atoms with van der Waals surface area (Å²) in [6, 6.07) is 71.4. The fourth-order valence-corrected chi connectivity index (χ4v) is 16.4. The van der Waals surface area contributed by atoms with Gasteiger partial charge < -0.3 is 4.98 Å². The molecule has 0 unspecified atom stereocenters. The van der Waals surface area contributed by atoms with Crippen LogP contribution in [-0.2, 0) is 0 Å². The van der Waals surface area contributed by atoms with Crippen molar-refractivity contribution in [2.75, 3.05) is 0 Å². The largest absolute Gasteiger partial charge is 0.353 e. The molecule has 1 aromatic heterocycles. The standard InChI is InChI=1S/C56H53N3P2/c1-39(2)43-27-31-45(32-28-43)58-60(47-19-11-7-12-20-47,48-21-13-8-14-22-48)53-37-41(5)35-51-52-36-42(6)38-54(56(52)57-55(51)53)61(49-23-15-9-16-24-49,50-25-17-10-18-26-50)59-46-33-29-44(30-34-46)40(3)4/h7-40,57H,1-6H3. The maximum absolute atomic E-state index is 6.00. The highest BCUT2D eigenvalue weighted by molar-refractivity contribution is 7.88. The molecule has 8 aromatic carbocycles. The number of aromatic amines is 1. The minimum Gasteiger partial charge on any atom is -0.353 e. The van der Waals surface area contributed by atoms with E-state index in [1.54, 1.807) is 0 Å². The lowest BCUT2D eigenvalue weighted by Crippen LogP contribution is -2.27. The first kappa shape index (κ1) is 40.4. The zero-order valence-corrected chi connectivity index (χ0v) is 37.7. The maximum Gasteiger partial charge on any atom is 0.0632 e. The third kappa shape index (κ3) is 7.46. The number of aryl methyl sites for hydroxylation is 2. The van der Waals surface area contributed by atoms with E-state index in [0.29, 0.717) is 11.8 Å². The first-order valence-corrected chi connectivity index (χ1v) is 24.9. The van der Waals surface area contributed by atoms with Crippen LogP contribution in [0.3, 0.4) is 0 Å².